The van der Waals surface area contributed by atoms with E-state index in [9.17, 15) is 9.59 Å². The average Bonchev–Trinajstić information content (AvgIpc) is 3.52. The summed E-state index contributed by atoms with van der Waals surface area (Å²) in [4.78, 5) is 34.5. The summed E-state index contributed by atoms with van der Waals surface area (Å²) in [5.74, 6) is -0.438. The predicted molar refractivity (Wildman–Crippen MR) is 121 cm³/mol. The zero-order chi connectivity index (χ0) is 21.2. The van der Waals surface area contributed by atoms with Gasteiger partial charge in [-0.2, -0.15) is 0 Å². The van der Waals surface area contributed by atoms with Crippen molar-refractivity contribution in [2.75, 3.05) is 0 Å². The summed E-state index contributed by atoms with van der Waals surface area (Å²) in [6, 6.07) is 15.4. The van der Waals surface area contributed by atoms with Gasteiger partial charge in [-0.3, -0.25) is 14.6 Å². The molecule has 2 aromatic heterocycles. The number of carbonyl (C=O) groups is 2. The molecular weight excluding hydrogens is 406 g/mol. The molecule has 0 spiro atoms. The summed E-state index contributed by atoms with van der Waals surface area (Å²) in [5, 5.41) is 5.14. The number of carbonyl (C=O) groups excluding carboxylic acids is 2. The normalized spacial score (nSPS) is 21.2. The quantitative estimate of drug-likeness (QED) is 0.638. The zero-order valence-corrected chi connectivity index (χ0v) is 18.1. The summed E-state index contributed by atoms with van der Waals surface area (Å²) in [7, 11) is 0. The van der Waals surface area contributed by atoms with Gasteiger partial charge in [-0.1, -0.05) is 43.2 Å². The molecule has 6 heteroatoms. The molecule has 5 rings (SSSR count). The highest BCUT2D eigenvalue weighted by molar-refractivity contribution is 7.10. The Hall–Kier alpha value is -2.99. The van der Waals surface area contributed by atoms with Gasteiger partial charge in [-0.05, 0) is 47.5 Å². The van der Waals surface area contributed by atoms with E-state index in [0.717, 1.165) is 41.7 Å². The molecule has 2 amide bonds. The van der Waals surface area contributed by atoms with Gasteiger partial charge in [0.2, 0.25) is 5.91 Å². The zero-order valence-electron chi connectivity index (χ0n) is 17.2. The van der Waals surface area contributed by atoms with Crippen LogP contribution in [0.25, 0.3) is 0 Å². The highest BCUT2D eigenvalue weighted by Gasteiger charge is 2.47. The number of benzene rings is 1. The van der Waals surface area contributed by atoms with Gasteiger partial charge in [-0.25, -0.2) is 0 Å². The molecule has 1 aromatic carbocycles. The first kappa shape index (κ1) is 19.9. The Labute approximate surface area is 186 Å². The van der Waals surface area contributed by atoms with Crippen molar-refractivity contribution in [1.29, 1.82) is 0 Å². The molecule has 2 atom stereocenters. The fourth-order valence-corrected chi connectivity index (χ4v) is 5.84. The van der Waals surface area contributed by atoms with Crippen LogP contribution in [0.1, 0.15) is 64.0 Å². The lowest BCUT2D eigenvalue weighted by atomic mass is 9.80. The number of hydrogen-bond donors (Lipinski definition) is 1. The number of pyridine rings is 1. The van der Waals surface area contributed by atoms with Gasteiger partial charge in [0.25, 0.3) is 5.91 Å². The smallest absolute Gasteiger partial charge is 0.254 e. The molecule has 31 heavy (non-hydrogen) atoms. The highest BCUT2D eigenvalue weighted by Crippen LogP contribution is 2.47. The topological polar surface area (TPSA) is 62.3 Å². The summed E-state index contributed by atoms with van der Waals surface area (Å²) >= 11 is 1.62. The number of hydrogen-bond acceptors (Lipinski definition) is 4. The number of fused-ring (bicyclic) bond motifs is 1. The lowest BCUT2D eigenvalue weighted by molar-refractivity contribution is -0.124. The number of rotatable bonds is 5. The number of amides is 2. The second-order valence-corrected chi connectivity index (χ2v) is 9.23. The molecule has 158 valence electrons. The first-order valence-electron chi connectivity index (χ1n) is 10.9. The Kier molecular flexibility index (Phi) is 5.55. The molecule has 1 fully saturated rings. The van der Waals surface area contributed by atoms with Crippen molar-refractivity contribution in [3.8, 4) is 0 Å². The third-order valence-corrected chi connectivity index (χ3v) is 7.34. The molecule has 0 saturated heterocycles. The Morgan fingerprint density at radius 1 is 1.10 bits per heavy atom. The first-order chi connectivity index (χ1) is 15.2. The maximum Gasteiger partial charge on any atom is 0.254 e. The standard InChI is InChI=1S/C25H25N3O2S/c29-24(27-16-17-7-5-13-26-15-17)22-19-10-3-4-11-20(19)25(30)28(18-8-1-2-9-18)23(22)21-12-6-14-31-21/h3-7,10-15,18,22-23H,1-2,8-9,16H2,(H,27,29)/t22-,23+/m1/s1. The van der Waals surface area contributed by atoms with E-state index < -0.39 is 5.92 Å². The predicted octanol–water partition coefficient (Wildman–Crippen LogP) is 4.68. The van der Waals surface area contributed by atoms with E-state index in [2.05, 4.69) is 16.4 Å². The SMILES string of the molecule is O=C(NCc1cccnc1)[C@@H]1c2ccccc2C(=O)N(C2CCCC2)[C@H]1c1cccs1. The van der Waals surface area contributed by atoms with E-state index in [1.165, 1.54) is 0 Å². The Balaban J connectivity index is 1.56. The third-order valence-electron chi connectivity index (χ3n) is 6.40. The summed E-state index contributed by atoms with van der Waals surface area (Å²) in [6.07, 6.45) is 7.75. The van der Waals surface area contributed by atoms with Crippen LogP contribution < -0.4 is 5.32 Å². The second kappa shape index (κ2) is 8.63. The molecule has 0 unspecified atom stereocenters. The minimum atomic E-state index is -0.440. The van der Waals surface area contributed by atoms with Gasteiger partial charge >= 0.3 is 0 Å². The van der Waals surface area contributed by atoms with Crippen LogP contribution in [0.3, 0.4) is 0 Å². The molecule has 5 nitrogen and oxygen atoms in total. The van der Waals surface area contributed by atoms with Crippen molar-refractivity contribution in [2.45, 2.75) is 50.2 Å². The molecule has 0 bridgehead atoms. The number of aromatic nitrogens is 1. The molecule has 3 aromatic rings. The van der Waals surface area contributed by atoms with Crippen LogP contribution in [0.2, 0.25) is 0 Å². The Morgan fingerprint density at radius 3 is 2.68 bits per heavy atom. The van der Waals surface area contributed by atoms with Gasteiger partial charge in [0, 0.05) is 35.4 Å². The van der Waals surface area contributed by atoms with Crippen molar-refractivity contribution in [1.82, 2.24) is 15.2 Å². The monoisotopic (exact) mass is 431 g/mol. The Bertz CT molecular complexity index is 1060. The largest absolute Gasteiger partial charge is 0.351 e. The number of nitrogens with one attached hydrogen (secondary N) is 1. The maximum absolute atomic E-state index is 13.6. The van der Waals surface area contributed by atoms with Crippen molar-refractivity contribution in [2.24, 2.45) is 0 Å². The van der Waals surface area contributed by atoms with Crippen molar-refractivity contribution in [3.05, 3.63) is 87.9 Å². The Morgan fingerprint density at radius 2 is 1.94 bits per heavy atom. The fraction of sp³-hybridized carbons (Fsp3) is 0.320. The molecule has 1 aliphatic heterocycles. The average molecular weight is 432 g/mol. The van der Waals surface area contributed by atoms with E-state index in [1.807, 2.05) is 52.7 Å². The van der Waals surface area contributed by atoms with Crippen LogP contribution in [0.5, 0.6) is 0 Å². The lowest BCUT2D eigenvalue weighted by Crippen LogP contribution is -2.50. The molecular formula is C25H25N3O2S. The van der Waals surface area contributed by atoms with Gasteiger partial charge in [-0.15, -0.1) is 11.3 Å². The minimum Gasteiger partial charge on any atom is -0.351 e. The minimum absolute atomic E-state index is 0.0507. The van der Waals surface area contributed by atoms with Gasteiger partial charge in [0.15, 0.2) is 0 Å². The molecule has 0 radical (unpaired) electrons. The summed E-state index contributed by atoms with van der Waals surface area (Å²) in [5.41, 5.74) is 2.43. The molecule has 1 saturated carbocycles. The van der Waals surface area contributed by atoms with Crippen molar-refractivity contribution >= 4 is 23.2 Å². The van der Waals surface area contributed by atoms with E-state index in [1.54, 1.807) is 23.7 Å². The summed E-state index contributed by atoms with van der Waals surface area (Å²) in [6.45, 7) is 0.417. The van der Waals surface area contributed by atoms with Crippen LogP contribution in [-0.4, -0.2) is 27.7 Å². The van der Waals surface area contributed by atoms with Crippen LogP contribution in [0.15, 0.2) is 66.3 Å². The molecule has 2 aliphatic rings. The molecule has 1 aliphatic carbocycles. The van der Waals surface area contributed by atoms with E-state index in [-0.39, 0.29) is 23.9 Å². The van der Waals surface area contributed by atoms with Crippen molar-refractivity contribution < 1.29 is 9.59 Å². The van der Waals surface area contributed by atoms with Crippen LogP contribution >= 0.6 is 11.3 Å². The molecule has 1 N–H and O–H groups in total. The van der Waals surface area contributed by atoms with Gasteiger partial charge in [0.05, 0.1) is 12.0 Å². The first-order valence-corrected chi connectivity index (χ1v) is 11.7. The highest BCUT2D eigenvalue weighted by atomic mass is 32.1. The molecule has 3 heterocycles. The van der Waals surface area contributed by atoms with Crippen molar-refractivity contribution in [3.63, 3.8) is 0 Å². The van der Waals surface area contributed by atoms with Crippen LogP contribution in [0, 0.1) is 0 Å². The number of thiophene rings is 1. The van der Waals surface area contributed by atoms with E-state index in [4.69, 9.17) is 0 Å². The van der Waals surface area contributed by atoms with E-state index in [0.29, 0.717) is 12.1 Å². The fourth-order valence-electron chi connectivity index (χ4n) is 4.98. The van der Waals surface area contributed by atoms with Gasteiger partial charge in [0.1, 0.15) is 0 Å². The van der Waals surface area contributed by atoms with Crippen LogP contribution in [-0.2, 0) is 11.3 Å². The lowest BCUT2D eigenvalue weighted by Gasteiger charge is -2.44. The second-order valence-electron chi connectivity index (χ2n) is 8.25. The number of nitrogens with zero attached hydrogens (tertiary/aromatic N) is 2. The maximum atomic E-state index is 13.6. The summed E-state index contributed by atoms with van der Waals surface area (Å²) < 4.78 is 0. The van der Waals surface area contributed by atoms with E-state index >= 15 is 0 Å². The van der Waals surface area contributed by atoms with Crippen LogP contribution in [0.4, 0.5) is 0 Å². The third kappa shape index (κ3) is 3.76. The van der Waals surface area contributed by atoms with Gasteiger partial charge < -0.3 is 10.2 Å².